The molecule has 0 aromatic rings. The maximum absolute atomic E-state index is 11.6. The number of hydrogen-bond acceptors (Lipinski definition) is 2. The van der Waals surface area contributed by atoms with Gasteiger partial charge in [0, 0.05) is 6.42 Å². The molecule has 1 heterocycles. The van der Waals surface area contributed by atoms with E-state index >= 15 is 0 Å². The molecule has 2 aliphatic rings. The van der Waals surface area contributed by atoms with Gasteiger partial charge in [0.05, 0.1) is 5.92 Å². The summed E-state index contributed by atoms with van der Waals surface area (Å²) in [4.78, 5) is 11.6. The highest BCUT2D eigenvalue weighted by molar-refractivity contribution is 5.74. The van der Waals surface area contributed by atoms with Crippen LogP contribution >= 0.6 is 0 Å². The predicted octanol–water partition coefficient (Wildman–Crippen LogP) is 3.93. The Labute approximate surface area is 105 Å². The fourth-order valence-corrected chi connectivity index (χ4v) is 3.52. The van der Waals surface area contributed by atoms with Crippen molar-refractivity contribution in [3.63, 3.8) is 0 Å². The third-order valence-electron chi connectivity index (χ3n) is 5.31. The summed E-state index contributed by atoms with van der Waals surface area (Å²) in [5.41, 5.74) is 0.354. The molecule has 0 N–H and O–H groups in total. The van der Waals surface area contributed by atoms with Crippen LogP contribution in [0.25, 0.3) is 0 Å². The number of esters is 1. The molecule has 2 nitrogen and oxygen atoms in total. The average molecular weight is 238 g/mol. The normalized spacial score (nSPS) is 38.5. The van der Waals surface area contributed by atoms with Crippen LogP contribution in [0.3, 0.4) is 0 Å². The summed E-state index contributed by atoms with van der Waals surface area (Å²) in [6.07, 6.45) is 6.79. The molecule has 1 aliphatic carbocycles. The van der Waals surface area contributed by atoms with Crippen molar-refractivity contribution >= 4 is 5.97 Å². The highest BCUT2D eigenvalue weighted by atomic mass is 16.6. The second-order valence-electron chi connectivity index (χ2n) is 6.83. The van der Waals surface area contributed by atoms with E-state index in [4.69, 9.17) is 4.74 Å². The maximum Gasteiger partial charge on any atom is 0.309 e. The van der Waals surface area contributed by atoms with Crippen LogP contribution in [-0.4, -0.2) is 11.6 Å². The first-order valence-electron chi connectivity index (χ1n) is 7.11. The number of carbonyl (C=O) groups is 1. The summed E-state index contributed by atoms with van der Waals surface area (Å²) in [6.45, 7) is 9.03. The minimum Gasteiger partial charge on any atom is -0.459 e. The first-order chi connectivity index (χ1) is 7.88. The Hall–Kier alpha value is -0.530. The molecule has 2 rings (SSSR count). The summed E-state index contributed by atoms with van der Waals surface area (Å²) in [6, 6.07) is 0. The van der Waals surface area contributed by atoms with E-state index in [0.717, 1.165) is 25.2 Å². The van der Waals surface area contributed by atoms with E-state index in [9.17, 15) is 4.79 Å². The van der Waals surface area contributed by atoms with E-state index in [-0.39, 0.29) is 17.5 Å². The third-order valence-corrected chi connectivity index (χ3v) is 5.31. The van der Waals surface area contributed by atoms with Crippen LogP contribution in [0.5, 0.6) is 0 Å². The fourth-order valence-electron chi connectivity index (χ4n) is 3.52. The molecule has 2 heteroatoms. The predicted molar refractivity (Wildman–Crippen MR) is 68.6 cm³/mol. The molecule has 1 spiro atoms. The van der Waals surface area contributed by atoms with Crippen LogP contribution in [0, 0.1) is 17.3 Å². The number of ether oxygens (including phenoxy) is 1. The molecule has 98 valence electrons. The van der Waals surface area contributed by atoms with Crippen molar-refractivity contribution < 1.29 is 9.53 Å². The van der Waals surface area contributed by atoms with Crippen LogP contribution in [0.2, 0.25) is 0 Å². The van der Waals surface area contributed by atoms with Crippen molar-refractivity contribution in [1.29, 1.82) is 0 Å². The summed E-state index contributed by atoms with van der Waals surface area (Å²) in [5, 5.41) is 0. The van der Waals surface area contributed by atoms with Crippen molar-refractivity contribution in [3.05, 3.63) is 0 Å². The lowest BCUT2D eigenvalue weighted by Gasteiger charge is -2.42. The van der Waals surface area contributed by atoms with Crippen molar-refractivity contribution in [2.24, 2.45) is 17.3 Å². The van der Waals surface area contributed by atoms with Gasteiger partial charge in [-0.2, -0.15) is 0 Å². The number of hydrogen-bond donors (Lipinski definition) is 0. The highest BCUT2D eigenvalue weighted by Gasteiger charge is 2.48. The molecule has 0 radical (unpaired) electrons. The van der Waals surface area contributed by atoms with Gasteiger partial charge in [-0.15, -0.1) is 0 Å². The SMILES string of the molecule is CCC(C)(C)C1CCC2(CC1)CC(C)C(=O)O2. The second-order valence-corrected chi connectivity index (χ2v) is 6.83. The van der Waals surface area contributed by atoms with Gasteiger partial charge in [0.2, 0.25) is 0 Å². The molecule has 1 atom stereocenters. The Balaban J connectivity index is 1.97. The minimum absolute atomic E-state index is 0.0261. The summed E-state index contributed by atoms with van der Waals surface area (Å²) >= 11 is 0. The van der Waals surface area contributed by atoms with E-state index < -0.39 is 0 Å². The van der Waals surface area contributed by atoms with E-state index in [2.05, 4.69) is 20.8 Å². The Bertz CT molecular complexity index is 298. The minimum atomic E-state index is -0.0865. The molecular weight excluding hydrogens is 212 g/mol. The standard InChI is InChI=1S/C15H26O2/c1-5-14(3,4)12-6-8-15(9-7-12)10-11(2)13(16)17-15/h11-12H,5-10H2,1-4H3. The first kappa shape index (κ1) is 12.9. The van der Waals surface area contributed by atoms with Crippen LogP contribution in [0.1, 0.15) is 66.2 Å². The van der Waals surface area contributed by atoms with E-state index in [1.807, 2.05) is 6.92 Å². The van der Waals surface area contributed by atoms with Gasteiger partial charge in [0.15, 0.2) is 0 Å². The topological polar surface area (TPSA) is 26.3 Å². The van der Waals surface area contributed by atoms with Crippen LogP contribution in [0.4, 0.5) is 0 Å². The number of carbonyl (C=O) groups excluding carboxylic acids is 1. The molecule has 1 saturated carbocycles. The van der Waals surface area contributed by atoms with Gasteiger partial charge in [0.1, 0.15) is 5.60 Å². The fraction of sp³-hybridized carbons (Fsp3) is 0.933. The van der Waals surface area contributed by atoms with Gasteiger partial charge in [0.25, 0.3) is 0 Å². The third kappa shape index (κ3) is 2.36. The Morgan fingerprint density at radius 1 is 1.35 bits per heavy atom. The van der Waals surface area contributed by atoms with Gasteiger partial charge < -0.3 is 4.74 Å². The lowest BCUT2D eigenvalue weighted by molar-refractivity contribution is -0.153. The van der Waals surface area contributed by atoms with Crippen LogP contribution in [-0.2, 0) is 9.53 Å². The second kappa shape index (κ2) is 4.29. The Kier molecular flexibility index (Phi) is 3.26. The van der Waals surface area contributed by atoms with E-state index in [1.165, 1.54) is 19.3 Å². The largest absolute Gasteiger partial charge is 0.459 e. The molecule has 0 amide bonds. The van der Waals surface area contributed by atoms with Gasteiger partial charge in [-0.05, 0) is 37.0 Å². The molecule has 1 aliphatic heterocycles. The highest BCUT2D eigenvalue weighted by Crippen LogP contribution is 2.48. The molecular formula is C15H26O2. The Morgan fingerprint density at radius 2 is 1.94 bits per heavy atom. The van der Waals surface area contributed by atoms with Gasteiger partial charge in [-0.3, -0.25) is 4.79 Å². The molecule has 0 bridgehead atoms. The lowest BCUT2D eigenvalue weighted by atomic mass is 9.65. The van der Waals surface area contributed by atoms with Gasteiger partial charge in [-0.25, -0.2) is 0 Å². The summed E-state index contributed by atoms with van der Waals surface area (Å²) in [7, 11) is 0. The first-order valence-corrected chi connectivity index (χ1v) is 7.11. The molecule has 1 saturated heterocycles. The average Bonchev–Trinajstić information content (AvgIpc) is 2.55. The van der Waals surface area contributed by atoms with Crippen molar-refractivity contribution in [3.8, 4) is 0 Å². The quantitative estimate of drug-likeness (QED) is 0.681. The zero-order valence-electron chi connectivity index (χ0n) is 11.7. The lowest BCUT2D eigenvalue weighted by Crippen LogP contribution is -2.38. The monoisotopic (exact) mass is 238 g/mol. The molecule has 0 aromatic carbocycles. The smallest absolute Gasteiger partial charge is 0.309 e. The van der Waals surface area contributed by atoms with Crippen LogP contribution in [0.15, 0.2) is 0 Å². The summed E-state index contributed by atoms with van der Waals surface area (Å²) < 4.78 is 5.66. The summed E-state index contributed by atoms with van der Waals surface area (Å²) in [5.74, 6) is 0.941. The zero-order valence-corrected chi connectivity index (χ0v) is 11.7. The molecule has 0 aromatic heterocycles. The molecule has 17 heavy (non-hydrogen) atoms. The van der Waals surface area contributed by atoms with Crippen molar-refractivity contribution in [1.82, 2.24) is 0 Å². The van der Waals surface area contributed by atoms with Crippen LogP contribution < -0.4 is 0 Å². The van der Waals surface area contributed by atoms with Crippen molar-refractivity contribution in [2.45, 2.75) is 71.8 Å². The molecule has 2 fully saturated rings. The zero-order chi connectivity index (χ0) is 12.7. The van der Waals surface area contributed by atoms with Crippen molar-refractivity contribution in [2.75, 3.05) is 0 Å². The van der Waals surface area contributed by atoms with Gasteiger partial charge in [-0.1, -0.05) is 34.1 Å². The van der Waals surface area contributed by atoms with Gasteiger partial charge >= 0.3 is 5.97 Å². The number of rotatable bonds is 2. The Morgan fingerprint density at radius 3 is 2.35 bits per heavy atom. The van der Waals surface area contributed by atoms with E-state index in [0.29, 0.717) is 5.41 Å². The van der Waals surface area contributed by atoms with E-state index in [1.54, 1.807) is 0 Å². The molecule has 1 unspecified atom stereocenters. The maximum atomic E-state index is 11.6.